The van der Waals surface area contributed by atoms with E-state index < -0.39 is 10.8 Å². The van der Waals surface area contributed by atoms with E-state index in [9.17, 15) is 4.21 Å². The van der Waals surface area contributed by atoms with Crippen LogP contribution in [0.1, 0.15) is 37.0 Å². The van der Waals surface area contributed by atoms with Crippen LogP contribution in [0.3, 0.4) is 0 Å². The van der Waals surface area contributed by atoms with Gasteiger partial charge in [-0.2, -0.15) is 0 Å². The second-order valence-electron chi connectivity index (χ2n) is 4.07. The minimum absolute atomic E-state index is 0.261. The molecule has 5 heteroatoms. The molecule has 1 aromatic rings. The van der Waals surface area contributed by atoms with Gasteiger partial charge in [-0.05, 0) is 26.8 Å². The largest absolute Gasteiger partial charge is 0.309 e. The van der Waals surface area contributed by atoms with Crippen LogP contribution in [0.4, 0.5) is 0 Å². The van der Waals surface area contributed by atoms with Crippen molar-refractivity contribution in [2.75, 3.05) is 12.8 Å². The first-order valence-corrected chi connectivity index (χ1v) is 7.98. The van der Waals surface area contributed by atoms with E-state index in [1.54, 1.807) is 17.6 Å². The van der Waals surface area contributed by atoms with E-state index in [4.69, 9.17) is 0 Å². The third-order valence-electron chi connectivity index (χ3n) is 2.65. The minimum Gasteiger partial charge on any atom is -0.309 e. The van der Waals surface area contributed by atoms with E-state index in [0.717, 1.165) is 23.7 Å². The predicted molar refractivity (Wildman–Crippen MR) is 71.4 cm³/mol. The molecule has 3 unspecified atom stereocenters. The van der Waals surface area contributed by atoms with Gasteiger partial charge in [0.15, 0.2) is 0 Å². The van der Waals surface area contributed by atoms with E-state index in [1.165, 1.54) is 0 Å². The minimum atomic E-state index is -0.719. The van der Waals surface area contributed by atoms with Crippen molar-refractivity contribution >= 4 is 22.1 Å². The van der Waals surface area contributed by atoms with Crippen molar-refractivity contribution in [1.29, 1.82) is 0 Å². The molecule has 3 nitrogen and oxygen atoms in total. The zero-order chi connectivity index (χ0) is 12.1. The molecule has 92 valence electrons. The number of nitrogens with zero attached hydrogens (tertiary/aromatic N) is 1. The van der Waals surface area contributed by atoms with Gasteiger partial charge in [0.2, 0.25) is 0 Å². The van der Waals surface area contributed by atoms with Crippen LogP contribution in [0.5, 0.6) is 0 Å². The van der Waals surface area contributed by atoms with Crippen molar-refractivity contribution in [2.24, 2.45) is 0 Å². The Morgan fingerprint density at radius 2 is 2.25 bits per heavy atom. The number of thiazole rings is 1. The van der Waals surface area contributed by atoms with Gasteiger partial charge in [0.05, 0.1) is 10.7 Å². The molecule has 0 fully saturated rings. The van der Waals surface area contributed by atoms with Crippen LogP contribution in [0.25, 0.3) is 0 Å². The first kappa shape index (κ1) is 13.8. The monoisotopic (exact) mass is 260 g/mol. The molecule has 3 atom stereocenters. The van der Waals surface area contributed by atoms with Crippen LogP contribution < -0.4 is 5.32 Å². The van der Waals surface area contributed by atoms with Crippen LogP contribution in [-0.4, -0.2) is 27.2 Å². The highest BCUT2D eigenvalue weighted by Gasteiger charge is 2.10. The zero-order valence-electron chi connectivity index (χ0n) is 10.3. The molecule has 0 bridgehead atoms. The maximum absolute atomic E-state index is 11.2. The summed E-state index contributed by atoms with van der Waals surface area (Å²) < 4.78 is 11.2. The summed E-state index contributed by atoms with van der Waals surface area (Å²) in [5.41, 5.74) is 1.10. The number of hydrogen-bond donors (Lipinski definition) is 1. The molecule has 1 N–H and O–H groups in total. The standard InChI is InChI=1S/C11H20N2OS2/c1-8(16(4)14)5-6-12-9(2)11-7-15-10(3)13-11/h7-9,12H,5-6H2,1-4H3. The van der Waals surface area contributed by atoms with Gasteiger partial charge in [-0.1, -0.05) is 6.92 Å². The number of aryl methyl sites for hydroxylation is 1. The second kappa shape index (κ2) is 6.47. The smallest absolute Gasteiger partial charge is 0.0898 e. The van der Waals surface area contributed by atoms with Gasteiger partial charge in [-0.15, -0.1) is 11.3 Å². The van der Waals surface area contributed by atoms with Crippen LogP contribution in [-0.2, 0) is 10.8 Å². The molecule has 0 saturated heterocycles. The van der Waals surface area contributed by atoms with Crippen LogP contribution in [0.15, 0.2) is 5.38 Å². The lowest BCUT2D eigenvalue weighted by atomic mass is 10.2. The lowest BCUT2D eigenvalue weighted by Crippen LogP contribution is -2.24. The van der Waals surface area contributed by atoms with E-state index in [1.807, 2.05) is 13.8 Å². The van der Waals surface area contributed by atoms with E-state index >= 15 is 0 Å². The Bertz CT molecular complexity index is 352. The fourth-order valence-corrected chi connectivity index (χ4v) is 2.51. The van der Waals surface area contributed by atoms with Crippen LogP contribution >= 0.6 is 11.3 Å². The molecule has 1 heterocycles. The Hall–Kier alpha value is -0.260. The van der Waals surface area contributed by atoms with Gasteiger partial charge < -0.3 is 5.32 Å². The topological polar surface area (TPSA) is 42.0 Å². The Morgan fingerprint density at radius 3 is 2.75 bits per heavy atom. The molecule has 0 aliphatic heterocycles. The van der Waals surface area contributed by atoms with Crippen molar-refractivity contribution < 1.29 is 4.21 Å². The Labute approximate surface area is 104 Å². The Balaban J connectivity index is 2.30. The third kappa shape index (κ3) is 4.31. The SMILES string of the molecule is Cc1nc(C(C)NCCC(C)S(C)=O)cs1. The maximum Gasteiger partial charge on any atom is 0.0898 e. The summed E-state index contributed by atoms with van der Waals surface area (Å²) in [5.74, 6) is 0. The fraction of sp³-hybridized carbons (Fsp3) is 0.727. The van der Waals surface area contributed by atoms with E-state index in [2.05, 4.69) is 22.6 Å². The Morgan fingerprint density at radius 1 is 1.56 bits per heavy atom. The molecule has 0 aromatic carbocycles. The molecule has 0 saturated carbocycles. The average Bonchev–Trinajstić information content (AvgIpc) is 2.64. The van der Waals surface area contributed by atoms with Gasteiger partial charge in [0.1, 0.15) is 0 Å². The van der Waals surface area contributed by atoms with Crippen molar-refractivity contribution in [1.82, 2.24) is 10.3 Å². The molecule has 0 spiro atoms. The first-order chi connectivity index (χ1) is 7.50. The van der Waals surface area contributed by atoms with Gasteiger partial charge in [-0.3, -0.25) is 4.21 Å². The van der Waals surface area contributed by atoms with Crippen molar-refractivity contribution in [2.45, 2.75) is 38.5 Å². The summed E-state index contributed by atoms with van der Waals surface area (Å²) >= 11 is 1.68. The van der Waals surface area contributed by atoms with Gasteiger partial charge in [-0.25, -0.2) is 4.98 Å². The quantitative estimate of drug-likeness (QED) is 0.853. The summed E-state index contributed by atoms with van der Waals surface area (Å²) in [4.78, 5) is 4.44. The molecule has 1 rings (SSSR count). The van der Waals surface area contributed by atoms with Gasteiger partial charge in [0.25, 0.3) is 0 Å². The van der Waals surface area contributed by atoms with Crippen molar-refractivity contribution in [3.8, 4) is 0 Å². The predicted octanol–water partition coefficient (Wildman–Crippen LogP) is 2.26. The molecule has 1 aromatic heterocycles. The number of hydrogen-bond acceptors (Lipinski definition) is 4. The summed E-state index contributed by atoms with van der Waals surface area (Å²) in [7, 11) is -0.719. The Kier molecular flexibility index (Phi) is 5.58. The van der Waals surface area contributed by atoms with Crippen molar-refractivity contribution in [3.05, 3.63) is 16.1 Å². The van der Waals surface area contributed by atoms with Crippen molar-refractivity contribution in [3.63, 3.8) is 0 Å². The van der Waals surface area contributed by atoms with E-state index in [0.29, 0.717) is 0 Å². The second-order valence-corrected chi connectivity index (χ2v) is 6.93. The number of nitrogens with one attached hydrogen (secondary N) is 1. The third-order valence-corrected chi connectivity index (χ3v) is 4.81. The lowest BCUT2D eigenvalue weighted by Gasteiger charge is -2.13. The summed E-state index contributed by atoms with van der Waals surface area (Å²) in [5, 5.41) is 6.86. The molecule has 0 aliphatic carbocycles. The zero-order valence-corrected chi connectivity index (χ0v) is 12.0. The highest BCUT2D eigenvalue weighted by molar-refractivity contribution is 7.84. The molecule has 16 heavy (non-hydrogen) atoms. The molecule has 0 aliphatic rings. The number of rotatable bonds is 6. The molecule has 0 radical (unpaired) electrons. The highest BCUT2D eigenvalue weighted by atomic mass is 32.2. The van der Waals surface area contributed by atoms with E-state index in [-0.39, 0.29) is 11.3 Å². The summed E-state index contributed by atoms with van der Waals surface area (Å²) in [6.07, 6.45) is 2.70. The summed E-state index contributed by atoms with van der Waals surface area (Å²) in [6, 6.07) is 0.280. The van der Waals surface area contributed by atoms with Gasteiger partial charge >= 0.3 is 0 Å². The lowest BCUT2D eigenvalue weighted by molar-refractivity contribution is 0.545. The number of aromatic nitrogens is 1. The fourth-order valence-electron chi connectivity index (χ4n) is 1.35. The molecular formula is C11H20N2OS2. The first-order valence-electron chi connectivity index (χ1n) is 5.48. The van der Waals surface area contributed by atoms with Gasteiger partial charge in [0, 0.05) is 33.7 Å². The average molecular weight is 260 g/mol. The normalized spacial score (nSPS) is 17.0. The van der Waals surface area contributed by atoms with Crippen LogP contribution in [0.2, 0.25) is 0 Å². The summed E-state index contributed by atoms with van der Waals surface area (Å²) in [6.45, 7) is 7.04. The molecular weight excluding hydrogens is 240 g/mol. The van der Waals surface area contributed by atoms with Crippen LogP contribution in [0, 0.1) is 6.92 Å². The molecule has 0 amide bonds. The highest BCUT2D eigenvalue weighted by Crippen LogP contribution is 2.15. The maximum atomic E-state index is 11.2.